The zero-order chi connectivity index (χ0) is 16.1. The Hall–Kier alpha value is -1.37. The lowest BCUT2D eigenvalue weighted by molar-refractivity contribution is -0.0634. The number of rotatable bonds is 6. The van der Waals surface area contributed by atoms with E-state index in [0.717, 1.165) is 31.8 Å². The molecule has 0 bridgehead atoms. The van der Waals surface area contributed by atoms with Crippen LogP contribution < -0.4 is 5.32 Å². The van der Waals surface area contributed by atoms with Crippen molar-refractivity contribution in [3.05, 3.63) is 23.7 Å². The smallest absolute Gasteiger partial charge is 0.287 e. The fourth-order valence-electron chi connectivity index (χ4n) is 3.24. The minimum absolute atomic E-state index is 0.0247. The van der Waals surface area contributed by atoms with Gasteiger partial charge in [-0.2, -0.15) is 0 Å². The molecule has 0 radical (unpaired) electrons. The Kier molecular flexibility index (Phi) is 5.70. The van der Waals surface area contributed by atoms with Gasteiger partial charge in [0.1, 0.15) is 11.9 Å². The summed E-state index contributed by atoms with van der Waals surface area (Å²) in [6.07, 6.45) is 3.17. The quantitative estimate of drug-likeness (QED) is 0.865. The molecule has 128 valence electrons. The van der Waals surface area contributed by atoms with Crippen LogP contribution in [0.15, 0.2) is 16.5 Å². The van der Waals surface area contributed by atoms with Crippen LogP contribution >= 0.6 is 0 Å². The van der Waals surface area contributed by atoms with Crippen molar-refractivity contribution in [1.82, 2.24) is 10.2 Å². The molecule has 0 aromatic carbocycles. The lowest BCUT2D eigenvalue weighted by Gasteiger charge is -2.31. The van der Waals surface area contributed by atoms with Crippen LogP contribution in [0.1, 0.15) is 42.5 Å². The molecule has 2 aliphatic rings. The Bertz CT molecular complexity index is 508. The molecule has 1 N–H and O–H groups in total. The molecule has 2 unspecified atom stereocenters. The summed E-state index contributed by atoms with van der Waals surface area (Å²) in [7, 11) is 0. The fourth-order valence-corrected chi connectivity index (χ4v) is 3.24. The van der Waals surface area contributed by atoms with Crippen LogP contribution in [0.3, 0.4) is 0 Å². The van der Waals surface area contributed by atoms with Gasteiger partial charge in [0.2, 0.25) is 0 Å². The second-order valence-electron chi connectivity index (χ2n) is 6.19. The molecule has 2 aliphatic heterocycles. The van der Waals surface area contributed by atoms with Crippen LogP contribution in [-0.4, -0.2) is 55.9 Å². The summed E-state index contributed by atoms with van der Waals surface area (Å²) in [5, 5.41) is 3.03. The van der Waals surface area contributed by atoms with Crippen LogP contribution in [0.4, 0.5) is 0 Å². The van der Waals surface area contributed by atoms with E-state index in [1.807, 2.05) is 13.0 Å². The third-order valence-corrected chi connectivity index (χ3v) is 4.46. The Morgan fingerprint density at radius 1 is 1.39 bits per heavy atom. The Balaban J connectivity index is 1.55. The zero-order valence-corrected chi connectivity index (χ0v) is 13.8. The molecule has 6 nitrogen and oxygen atoms in total. The molecular formula is C17H26N2O4. The molecule has 0 aliphatic carbocycles. The zero-order valence-electron chi connectivity index (χ0n) is 13.8. The van der Waals surface area contributed by atoms with Gasteiger partial charge in [-0.25, -0.2) is 0 Å². The van der Waals surface area contributed by atoms with Crippen molar-refractivity contribution < 1.29 is 18.7 Å². The number of hydrogen-bond acceptors (Lipinski definition) is 5. The van der Waals surface area contributed by atoms with Gasteiger partial charge < -0.3 is 19.2 Å². The third-order valence-electron chi connectivity index (χ3n) is 4.46. The molecule has 1 aromatic heterocycles. The van der Waals surface area contributed by atoms with E-state index in [4.69, 9.17) is 13.9 Å². The van der Waals surface area contributed by atoms with Gasteiger partial charge in [-0.1, -0.05) is 0 Å². The molecule has 0 saturated carbocycles. The molecule has 3 rings (SSSR count). The summed E-state index contributed by atoms with van der Waals surface area (Å²) in [4.78, 5) is 14.7. The Morgan fingerprint density at radius 3 is 3.00 bits per heavy atom. The summed E-state index contributed by atoms with van der Waals surface area (Å²) in [5.74, 6) is 1.06. The van der Waals surface area contributed by atoms with Crippen LogP contribution in [0.25, 0.3) is 0 Å². The first-order valence-electron chi connectivity index (χ1n) is 8.57. The first kappa shape index (κ1) is 16.5. The standard InChI is InChI=1S/C17H26N2O4/c1-2-22-16-12-21-10-7-14(16)18-17(20)15-6-5-13(23-15)11-19-8-3-4-9-19/h5-6,14,16H,2-4,7-12H2,1H3,(H,18,20). The Labute approximate surface area is 137 Å². The average Bonchev–Trinajstić information content (AvgIpc) is 3.22. The van der Waals surface area contributed by atoms with Crippen molar-refractivity contribution in [3.8, 4) is 0 Å². The number of hydrogen-bond donors (Lipinski definition) is 1. The van der Waals surface area contributed by atoms with E-state index in [1.54, 1.807) is 6.07 Å². The summed E-state index contributed by atoms with van der Waals surface area (Å²) in [5.41, 5.74) is 0. The highest BCUT2D eigenvalue weighted by Crippen LogP contribution is 2.16. The SMILES string of the molecule is CCOC1COCCC1NC(=O)c1ccc(CN2CCCC2)o1. The second kappa shape index (κ2) is 7.95. The highest BCUT2D eigenvalue weighted by Gasteiger charge is 2.28. The normalized spacial score (nSPS) is 25.6. The highest BCUT2D eigenvalue weighted by molar-refractivity contribution is 5.91. The van der Waals surface area contributed by atoms with Gasteiger partial charge in [-0.05, 0) is 51.4 Å². The molecule has 0 spiro atoms. The first-order valence-corrected chi connectivity index (χ1v) is 8.57. The number of nitrogens with zero attached hydrogens (tertiary/aromatic N) is 1. The molecule has 2 saturated heterocycles. The van der Waals surface area contributed by atoms with Crippen molar-refractivity contribution in [3.63, 3.8) is 0 Å². The molecule has 6 heteroatoms. The topological polar surface area (TPSA) is 63.9 Å². The maximum atomic E-state index is 12.4. The molecule has 2 atom stereocenters. The van der Waals surface area contributed by atoms with E-state index in [0.29, 0.717) is 25.6 Å². The number of carbonyl (C=O) groups is 1. The fraction of sp³-hybridized carbons (Fsp3) is 0.706. The van der Waals surface area contributed by atoms with Crippen molar-refractivity contribution in [2.45, 2.75) is 44.9 Å². The maximum Gasteiger partial charge on any atom is 0.287 e. The lowest BCUT2D eigenvalue weighted by atomic mass is 10.1. The van der Waals surface area contributed by atoms with Crippen molar-refractivity contribution in [2.24, 2.45) is 0 Å². The van der Waals surface area contributed by atoms with Crippen molar-refractivity contribution in [2.75, 3.05) is 32.9 Å². The van der Waals surface area contributed by atoms with E-state index in [-0.39, 0.29) is 18.1 Å². The van der Waals surface area contributed by atoms with Gasteiger partial charge in [0.15, 0.2) is 5.76 Å². The molecular weight excluding hydrogens is 296 g/mol. The van der Waals surface area contributed by atoms with Gasteiger partial charge in [0.25, 0.3) is 5.91 Å². The number of nitrogens with one attached hydrogen (secondary N) is 1. The molecule has 1 amide bonds. The largest absolute Gasteiger partial charge is 0.455 e. The summed E-state index contributed by atoms with van der Waals surface area (Å²) < 4.78 is 16.8. The second-order valence-corrected chi connectivity index (χ2v) is 6.19. The van der Waals surface area contributed by atoms with Crippen molar-refractivity contribution >= 4 is 5.91 Å². The van der Waals surface area contributed by atoms with Crippen LogP contribution in [0.2, 0.25) is 0 Å². The minimum atomic E-state index is -0.172. The molecule has 1 aromatic rings. The number of furan rings is 1. The third kappa shape index (κ3) is 4.34. The van der Waals surface area contributed by atoms with E-state index in [1.165, 1.54) is 12.8 Å². The van der Waals surface area contributed by atoms with E-state index in [2.05, 4.69) is 10.2 Å². The van der Waals surface area contributed by atoms with Crippen LogP contribution in [0, 0.1) is 0 Å². The van der Waals surface area contributed by atoms with Crippen LogP contribution in [0.5, 0.6) is 0 Å². The summed E-state index contributed by atoms with van der Waals surface area (Å²) in [6, 6.07) is 3.64. The predicted octanol–water partition coefficient (Wildman–Crippen LogP) is 1.80. The van der Waals surface area contributed by atoms with Crippen LogP contribution in [-0.2, 0) is 16.0 Å². The number of likely N-dealkylation sites (tertiary alicyclic amines) is 1. The molecule has 2 fully saturated rings. The predicted molar refractivity (Wildman–Crippen MR) is 85.3 cm³/mol. The monoisotopic (exact) mass is 322 g/mol. The van der Waals surface area contributed by atoms with Gasteiger partial charge in [-0.15, -0.1) is 0 Å². The average molecular weight is 322 g/mol. The van der Waals surface area contributed by atoms with Gasteiger partial charge in [-0.3, -0.25) is 9.69 Å². The summed E-state index contributed by atoms with van der Waals surface area (Å²) in [6.45, 7) is 6.74. The summed E-state index contributed by atoms with van der Waals surface area (Å²) >= 11 is 0. The first-order chi connectivity index (χ1) is 11.3. The molecule has 3 heterocycles. The van der Waals surface area contributed by atoms with E-state index in [9.17, 15) is 4.79 Å². The van der Waals surface area contributed by atoms with Gasteiger partial charge in [0, 0.05) is 13.2 Å². The molecule has 23 heavy (non-hydrogen) atoms. The Morgan fingerprint density at radius 2 is 2.22 bits per heavy atom. The number of carbonyl (C=O) groups excluding carboxylic acids is 1. The number of ether oxygens (including phenoxy) is 2. The van der Waals surface area contributed by atoms with Gasteiger partial charge in [0.05, 0.1) is 19.2 Å². The van der Waals surface area contributed by atoms with E-state index >= 15 is 0 Å². The maximum absolute atomic E-state index is 12.4. The highest BCUT2D eigenvalue weighted by atomic mass is 16.5. The van der Waals surface area contributed by atoms with Crippen molar-refractivity contribution in [1.29, 1.82) is 0 Å². The van der Waals surface area contributed by atoms with E-state index < -0.39 is 0 Å². The number of amides is 1. The minimum Gasteiger partial charge on any atom is -0.455 e. The van der Waals surface area contributed by atoms with Gasteiger partial charge >= 0.3 is 0 Å². The lowest BCUT2D eigenvalue weighted by Crippen LogP contribution is -2.49.